The van der Waals surface area contributed by atoms with E-state index in [1.165, 1.54) is 31.7 Å². The summed E-state index contributed by atoms with van der Waals surface area (Å²) in [5.41, 5.74) is 0.101. The van der Waals surface area contributed by atoms with Gasteiger partial charge in [0.25, 0.3) is 5.91 Å². The molecule has 1 aromatic heterocycles. The lowest BCUT2D eigenvalue weighted by atomic mass is 10.1. The zero-order valence-corrected chi connectivity index (χ0v) is 12.5. The van der Waals surface area contributed by atoms with Crippen LogP contribution in [0, 0.1) is 11.8 Å². The van der Waals surface area contributed by atoms with E-state index in [2.05, 4.69) is 0 Å². The average Bonchev–Trinajstić information content (AvgIpc) is 3.38. The second-order valence-corrected chi connectivity index (χ2v) is 6.19. The number of hydrogen-bond acceptors (Lipinski definition) is 3. The van der Waals surface area contributed by atoms with Gasteiger partial charge < -0.3 is 14.4 Å². The van der Waals surface area contributed by atoms with Gasteiger partial charge in [0.1, 0.15) is 11.3 Å². The predicted octanol–water partition coefficient (Wildman–Crippen LogP) is 2.80. The van der Waals surface area contributed by atoms with Crippen molar-refractivity contribution in [1.29, 1.82) is 0 Å². The van der Waals surface area contributed by atoms with Crippen molar-refractivity contribution in [2.24, 2.45) is 11.8 Å². The van der Waals surface area contributed by atoms with Gasteiger partial charge in [-0.15, -0.1) is 0 Å². The molecule has 0 unspecified atom stereocenters. The van der Waals surface area contributed by atoms with E-state index in [4.69, 9.17) is 9.52 Å². The van der Waals surface area contributed by atoms with Gasteiger partial charge in [-0.2, -0.15) is 0 Å². The SMILES string of the molecule is CCc1oc(C(=O)N(C)C(C2CC2)C2CC2)cc1C(=O)O. The summed E-state index contributed by atoms with van der Waals surface area (Å²) in [7, 11) is 1.82. The first-order valence-electron chi connectivity index (χ1n) is 7.66. The molecule has 0 aromatic carbocycles. The number of carboxylic acids is 1. The lowest BCUT2D eigenvalue weighted by Crippen LogP contribution is -2.39. The first-order valence-corrected chi connectivity index (χ1v) is 7.66. The smallest absolute Gasteiger partial charge is 0.339 e. The van der Waals surface area contributed by atoms with Crippen LogP contribution in [0.15, 0.2) is 10.5 Å². The van der Waals surface area contributed by atoms with E-state index in [0.29, 0.717) is 30.1 Å². The van der Waals surface area contributed by atoms with Gasteiger partial charge in [0.15, 0.2) is 5.76 Å². The normalized spacial score (nSPS) is 18.0. The molecule has 0 saturated heterocycles. The van der Waals surface area contributed by atoms with Gasteiger partial charge in [-0.05, 0) is 37.5 Å². The van der Waals surface area contributed by atoms with Crippen LogP contribution in [-0.4, -0.2) is 35.0 Å². The summed E-state index contributed by atoms with van der Waals surface area (Å²) in [6, 6.07) is 1.66. The third-order valence-corrected chi connectivity index (χ3v) is 4.55. The molecule has 1 aromatic rings. The van der Waals surface area contributed by atoms with Crippen LogP contribution in [0.1, 0.15) is 59.3 Å². The third-order valence-electron chi connectivity index (χ3n) is 4.55. The van der Waals surface area contributed by atoms with Crippen LogP contribution in [0.4, 0.5) is 0 Å². The lowest BCUT2D eigenvalue weighted by molar-refractivity contribution is 0.0653. The largest absolute Gasteiger partial charge is 0.478 e. The Bertz CT molecular complexity index is 557. The van der Waals surface area contributed by atoms with E-state index in [1.807, 2.05) is 14.0 Å². The number of carboxylic acid groups (broad SMARTS) is 1. The number of carbonyl (C=O) groups excluding carboxylic acids is 1. The summed E-state index contributed by atoms with van der Waals surface area (Å²) < 4.78 is 5.49. The van der Waals surface area contributed by atoms with Gasteiger partial charge in [-0.3, -0.25) is 4.79 Å². The van der Waals surface area contributed by atoms with E-state index in [0.717, 1.165) is 0 Å². The number of furan rings is 1. The second kappa shape index (κ2) is 5.20. The first-order chi connectivity index (χ1) is 10.0. The molecule has 1 amide bonds. The van der Waals surface area contributed by atoms with Crippen LogP contribution in [0.25, 0.3) is 0 Å². The highest BCUT2D eigenvalue weighted by atomic mass is 16.4. The number of aryl methyl sites for hydroxylation is 1. The van der Waals surface area contributed by atoms with Gasteiger partial charge in [0.05, 0.1) is 0 Å². The maximum atomic E-state index is 12.6. The molecule has 0 spiro atoms. The summed E-state index contributed by atoms with van der Waals surface area (Å²) in [4.78, 5) is 25.5. The highest BCUT2D eigenvalue weighted by Crippen LogP contribution is 2.47. The molecule has 21 heavy (non-hydrogen) atoms. The number of rotatable bonds is 6. The maximum Gasteiger partial charge on any atom is 0.339 e. The van der Waals surface area contributed by atoms with Crippen LogP contribution in [-0.2, 0) is 6.42 Å². The molecule has 2 fully saturated rings. The van der Waals surface area contributed by atoms with Crippen molar-refractivity contribution in [2.45, 2.75) is 45.1 Å². The van der Waals surface area contributed by atoms with E-state index in [1.54, 1.807) is 4.90 Å². The quantitative estimate of drug-likeness (QED) is 0.875. The van der Waals surface area contributed by atoms with E-state index in [-0.39, 0.29) is 17.2 Å². The Morgan fingerprint density at radius 1 is 1.33 bits per heavy atom. The summed E-state index contributed by atoms with van der Waals surface area (Å²) in [5, 5.41) is 9.15. The van der Waals surface area contributed by atoms with Crippen molar-refractivity contribution in [1.82, 2.24) is 4.90 Å². The summed E-state index contributed by atoms with van der Waals surface area (Å²) in [6.07, 6.45) is 5.23. The number of amides is 1. The molecule has 1 N–H and O–H groups in total. The van der Waals surface area contributed by atoms with Crippen molar-refractivity contribution in [3.63, 3.8) is 0 Å². The number of nitrogens with zero attached hydrogens (tertiary/aromatic N) is 1. The summed E-state index contributed by atoms with van der Waals surface area (Å²) >= 11 is 0. The maximum absolute atomic E-state index is 12.6. The van der Waals surface area contributed by atoms with Crippen LogP contribution in [0.3, 0.4) is 0 Å². The van der Waals surface area contributed by atoms with Gasteiger partial charge in [0, 0.05) is 25.6 Å². The standard InChI is InChI=1S/C16H21NO4/c1-3-12-11(16(19)20)8-13(21-12)15(18)17(2)14(9-4-5-9)10-6-7-10/h8-10,14H,3-7H2,1-2H3,(H,19,20). The van der Waals surface area contributed by atoms with Crippen LogP contribution in [0.5, 0.6) is 0 Å². The number of hydrogen-bond donors (Lipinski definition) is 1. The minimum atomic E-state index is -1.04. The molecule has 2 aliphatic carbocycles. The minimum absolute atomic E-state index is 0.101. The Labute approximate surface area is 123 Å². The molecular formula is C16H21NO4. The second-order valence-electron chi connectivity index (χ2n) is 6.19. The lowest BCUT2D eigenvalue weighted by Gasteiger charge is -2.27. The minimum Gasteiger partial charge on any atom is -0.478 e. The highest BCUT2D eigenvalue weighted by Gasteiger charge is 2.45. The average molecular weight is 291 g/mol. The van der Waals surface area contributed by atoms with E-state index in [9.17, 15) is 9.59 Å². The topological polar surface area (TPSA) is 70.8 Å². The predicted molar refractivity (Wildman–Crippen MR) is 76.4 cm³/mol. The molecule has 2 aliphatic rings. The Kier molecular flexibility index (Phi) is 3.51. The Morgan fingerprint density at radius 3 is 2.29 bits per heavy atom. The van der Waals surface area contributed by atoms with Gasteiger partial charge in [-0.1, -0.05) is 6.92 Å². The molecule has 2 saturated carbocycles. The third kappa shape index (κ3) is 2.69. The fraction of sp³-hybridized carbons (Fsp3) is 0.625. The molecule has 114 valence electrons. The van der Waals surface area contributed by atoms with Crippen molar-refractivity contribution in [2.75, 3.05) is 7.05 Å². The molecular weight excluding hydrogens is 270 g/mol. The van der Waals surface area contributed by atoms with Crippen LogP contribution < -0.4 is 0 Å². The van der Waals surface area contributed by atoms with E-state index >= 15 is 0 Å². The van der Waals surface area contributed by atoms with Crippen molar-refractivity contribution in [3.8, 4) is 0 Å². The first kappa shape index (κ1) is 14.2. The molecule has 0 radical (unpaired) electrons. The summed E-state index contributed by atoms with van der Waals surface area (Å²) in [5.74, 6) is 0.517. The van der Waals surface area contributed by atoms with E-state index < -0.39 is 5.97 Å². The van der Waals surface area contributed by atoms with Crippen LogP contribution >= 0.6 is 0 Å². The van der Waals surface area contributed by atoms with Crippen molar-refractivity contribution in [3.05, 3.63) is 23.2 Å². The Hall–Kier alpha value is -1.78. The van der Waals surface area contributed by atoms with Gasteiger partial charge >= 0.3 is 5.97 Å². The van der Waals surface area contributed by atoms with Crippen molar-refractivity contribution < 1.29 is 19.1 Å². The molecule has 0 bridgehead atoms. The van der Waals surface area contributed by atoms with Gasteiger partial charge in [-0.25, -0.2) is 4.79 Å². The van der Waals surface area contributed by atoms with Crippen LogP contribution in [0.2, 0.25) is 0 Å². The molecule has 1 heterocycles. The van der Waals surface area contributed by atoms with Gasteiger partial charge in [0.2, 0.25) is 0 Å². The fourth-order valence-electron chi connectivity index (χ4n) is 3.18. The molecule has 0 atom stereocenters. The Morgan fingerprint density at radius 2 is 1.90 bits per heavy atom. The zero-order chi connectivity index (χ0) is 15.1. The molecule has 3 rings (SSSR count). The molecule has 5 heteroatoms. The monoisotopic (exact) mass is 291 g/mol. The van der Waals surface area contributed by atoms with Crippen molar-refractivity contribution >= 4 is 11.9 Å². The fourth-order valence-corrected chi connectivity index (χ4v) is 3.18. The molecule has 0 aliphatic heterocycles. The summed E-state index contributed by atoms with van der Waals surface area (Å²) in [6.45, 7) is 1.82. The zero-order valence-electron chi connectivity index (χ0n) is 12.5. The molecule has 5 nitrogen and oxygen atoms in total. The number of aromatic carboxylic acids is 1. The Balaban J connectivity index is 1.82. The number of carbonyl (C=O) groups is 2. The highest BCUT2D eigenvalue weighted by molar-refractivity contribution is 5.96.